The highest BCUT2D eigenvalue weighted by Crippen LogP contribution is 2.28. The molecule has 1 fully saturated rings. The van der Waals surface area contributed by atoms with Gasteiger partial charge in [-0.25, -0.2) is 13.1 Å². The number of nitrogens with one attached hydrogen (secondary N) is 2. The van der Waals surface area contributed by atoms with Crippen molar-refractivity contribution in [2.75, 3.05) is 13.1 Å². The van der Waals surface area contributed by atoms with Crippen LogP contribution in [0.5, 0.6) is 0 Å². The topological polar surface area (TPSA) is 75.3 Å². The van der Waals surface area contributed by atoms with E-state index >= 15 is 0 Å². The number of sulfonamides is 1. The average Bonchev–Trinajstić information content (AvgIpc) is 3.07. The first kappa shape index (κ1) is 14.0. The van der Waals surface area contributed by atoms with Gasteiger partial charge in [-0.2, -0.15) is 0 Å². The standard InChI is InChI=1S/C10H13BrN2O3S2/c11-8-3-4-9(17-8)18(15,16)13-6-5-12-10(14)7-1-2-7/h3-4,7,13H,1-2,5-6H2,(H,12,14). The number of hydrogen-bond acceptors (Lipinski definition) is 4. The van der Waals surface area contributed by atoms with Crippen molar-refractivity contribution in [3.05, 3.63) is 15.9 Å². The summed E-state index contributed by atoms with van der Waals surface area (Å²) in [6.45, 7) is 0.525. The van der Waals surface area contributed by atoms with Crippen molar-refractivity contribution in [3.8, 4) is 0 Å². The molecule has 8 heteroatoms. The van der Waals surface area contributed by atoms with Gasteiger partial charge in [0, 0.05) is 19.0 Å². The van der Waals surface area contributed by atoms with Crippen molar-refractivity contribution in [1.29, 1.82) is 0 Å². The molecule has 1 aliphatic carbocycles. The summed E-state index contributed by atoms with van der Waals surface area (Å²) in [5, 5.41) is 2.70. The number of amides is 1. The van der Waals surface area contributed by atoms with Gasteiger partial charge >= 0.3 is 0 Å². The lowest BCUT2D eigenvalue weighted by atomic mass is 10.4. The van der Waals surface area contributed by atoms with E-state index in [2.05, 4.69) is 26.0 Å². The number of thiophene rings is 1. The number of carbonyl (C=O) groups is 1. The van der Waals surface area contributed by atoms with Crippen LogP contribution in [-0.2, 0) is 14.8 Å². The first-order valence-corrected chi connectivity index (χ1v) is 8.61. The van der Waals surface area contributed by atoms with Gasteiger partial charge < -0.3 is 5.32 Å². The maximum Gasteiger partial charge on any atom is 0.250 e. The van der Waals surface area contributed by atoms with Crippen molar-refractivity contribution in [2.45, 2.75) is 17.1 Å². The zero-order valence-corrected chi connectivity index (χ0v) is 12.7. The Kier molecular flexibility index (Phi) is 4.41. The summed E-state index contributed by atoms with van der Waals surface area (Å²) >= 11 is 4.37. The van der Waals surface area contributed by atoms with Crippen LogP contribution in [0.4, 0.5) is 0 Å². The van der Waals surface area contributed by atoms with Gasteiger partial charge in [0.25, 0.3) is 0 Å². The Morgan fingerprint density at radius 2 is 2.11 bits per heavy atom. The summed E-state index contributed by atoms with van der Waals surface area (Å²) in [5.74, 6) is 0.169. The Morgan fingerprint density at radius 1 is 1.39 bits per heavy atom. The third-order valence-corrected chi connectivity index (χ3v) is 6.05. The normalized spacial score (nSPS) is 15.6. The third kappa shape index (κ3) is 3.78. The molecule has 0 spiro atoms. The van der Waals surface area contributed by atoms with Gasteiger partial charge in [0.1, 0.15) is 4.21 Å². The van der Waals surface area contributed by atoms with Crippen LogP contribution in [0.25, 0.3) is 0 Å². The molecule has 18 heavy (non-hydrogen) atoms. The zero-order chi connectivity index (χ0) is 13.2. The van der Waals surface area contributed by atoms with Gasteiger partial charge in [0.2, 0.25) is 15.9 Å². The van der Waals surface area contributed by atoms with E-state index < -0.39 is 10.0 Å². The molecule has 1 aromatic heterocycles. The van der Waals surface area contributed by atoms with Crippen LogP contribution in [0.15, 0.2) is 20.1 Å². The van der Waals surface area contributed by atoms with Crippen molar-refractivity contribution >= 4 is 43.2 Å². The first-order valence-electron chi connectivity index (χ1n) is 5.52. The molecule has 0 saturated heterocycles. The Bertz CT molecular complexity index is 537. The highest BCUT2D eigenvalue weighted by atomic mass is 79.9. The van der Waals surface area contributed by atoms with E-state index in [0.29, 0.717) is 6.54 Å². The summed E-state index contributed by atoms with van der Waals surface area (Å²) < 4.78 is 27.1. The minimum atomic E-state index is -3.45. The molecule has 1 heterocycles. The van der Waals surface area contributed by atoms with Gasteiger partial charge in [-0.1, -0.05) is 0 Å². The third-order valence-electron chi connectivity index (χ3n) is 2.48. The molecule has 1 aromatic rings. The highest BCUT2D eigenvalue weighted by molar-refractivity contribution is 9.11. The monoisotopic (exact) mass is 352 g/mol. The number of hydrogen-bond donors (Lipinski definition) is 2. The molecule has 0 aromatic carbocycles. The lowest BCUT2D eigenvalue weighted by Crippen LogP contribution is -2.35. The molecule has 0 unspecified atom stereocenters. The number of carbonyl (C=O) groups excluding carboxylic acids is 1. The summed E-state index contributed by atoms with van der Waals surface area (Å²) in [5.41, 5.74) is 0. The maximum absolute atomic E-state index is 11.8. The predicted octanol–water partition coefficient (Wildman–Crippen LogP) is 1.32. The molecule has 5 nitrogen and oxygen atoms in total. The maximum atomic E-state index is 11.8. The van der Waals surface area contributed by atoms with Gasteiger partial charge in [-0.15, -0.1) is 11.3 Å². The van der Waals surface area contributed by atoms with Crippen LogP contribution in [0, 0.1) is 5.92 Å². The lowest BCUT2D eigenvalue weighted by Gasteiger charge is -2.06. The van der Waals surface area contributed by atoms with Crippen molar-refractivity contribution in [2.24, 2.45) is 5.92 Å². The van der Waals surface area contributed by atoms with Gasteiger partial charge in [-0.3, -0.25) is 4.79 Å². The van der Waals surface area contributed by atoms with E-state index in [-0.39, 0.29) is 22.6 Å². The second-order valence-electron chi connectivity index (χ2n) is 4.02. The van der Waals surface area contributed by atoms with Crippen LogP contribution in [0.2, 0.25) is 0 Å². The van der Waals surface area contributed by atoms with Gasteiger partial charge in [0.05, 0.1) is 3.79 Å². The fraction of sp³-hybridized carbons (Fsp3) is 0.500. The van der Waals surface area contributed by atoms with E-state index in [9.17, 15) is 13.2 Å². The van der Waals surface area contributed by atoms with E-state index in [1.807, 2.05) is 0 Å². The molecule has 1 saturated carbocycles. The zero-order valence-electron chi connectivity index (χ0n) is 9.48. The van der Waals surface area contributed by atoms with E-state index in [4.69, 9.17) is 0 Å². The molecule has 2 N–H and O–H groups in total. The van der Waals surface area contributed by atoms with Gasteiger partial charge in [-0.05, 0) is 40.9 Å². The molecule has 0 bridgehead atoms. The smallest absolute Gasteiger partial charge is 0.250 e. The summed E-state index contributed by atoms with van der Waals surface area (Å²) in [6, 6.07) is 3.23. The summed E-state index contributed by atoms with van der Waals surface area (Å²) in [7, 11) is -3.45. The minimum absolute atomic E-state index is 0.0214. The molecule has 2 rings (SSSR count). The Labute approximate surface area is 118 Å². The molecule has 1 aliphatic rings. The molecule has 1 amide bonds. The van der Waals surface area contributed by atoms with Crippen molar-refractivity contribution in [3.63, 3.8) is 0 Å². The number of halogens is 1. The first-order chi connectivity index (χ1) is 8.49. The quantitative estimate of drug-likeness (QED) is 0.758. The lowest BCUT2D eigenvalue weighted by molar-refractivity contribution is -0.122. The Balaban J connectivity index is 1.76. The summed E-state index contributed by atoms with van der Waals surface area (Å²) in [4.78, 5) is 11.3. The second-order valence-corrected chi connectivity index (χ2v) is 8.48. The Hall–Kier alpha value is -0.440. The summed E-state index contributed by atoms with van der Waals surface area (Å²) in [6.07, 6.45) is 1.89. The molecule has 0 radical (unpaired) electrons. The largest absolute Gasteiger partial charge is 0.355 e. The fourth-order valence-corrected chi connectivity index (χ4v) is 4.46. The van der Waals surface area contributed by atoms with E-state index in [1.165, 1.54) is 0 Å². The number of rotatable bonds is 6. The molecular formula is C10H13BrN2O3S2. The predicted molar refractivity (Wildman–Crippen MR) is 72.9 cm³/mol. The molecule has 0 aliphatic heterocycles. The molecular weight excluding hydrogens is 340 g/mol. The SMILES string of the molecule is O=C(NCCNS(=O)(=O)c1ccc(Br)s1)C1CC1. The van der Waals surface area contributed by atoms with E-state index in [0.717, 1.165) is 28.0 Å². The molecule has 100 valence electrons. The minimum Gasteiger partial charge on any atom is -0.355 e. The highest BCUT2D eigenvalue weighted by Gasteiger charge is 2.29. The van der Waals surface area contributed by atoms with Crippen LogP contribution < -0.4 is 10.0 Å². The van der Waals surface area contributed by atoms with Crippen molar-refractivity contribution < 1.29 is 13.2 Å². The van der Waals surface area contributed by atoms with Crippen LogP contribution in [-0.4, -0.2) is 27.4 Å². The van der Waals surface area contributed by atoms with Crippen molar-refractivity contribution in [1.82, 2.24) is 10.0 Å². The fourth-order valence-electron chi connectivity index (χ4n) is 1.37. The van der Waals surface area contributed by atoms with Crippen LogP contribution >= 0.6 is 27.3 Å². The van der Waals surface area contributed by atoms with Gasteiger partial charge in [0.15, 0.2) is 0 Å². The average molecular weight is 353 g/mol. The van der Waals surface area contributed by atoms with Crippen LogP contribution in [0.1, 0.15) is 12.8 Å². The van der Waals surface area contributed by atoms with E-state index in [1.54, 1.807) is 12.1 Å². The molecule has 0 atom stereocenters. The second kappa shape index (κ2) is 5.68. The Morgan fingerprint density at radius 3 is 2.67 bits per heavy atom. The van der Waals surface area contributed by atoms with Crippen LogP contribution in [0.3, 0.4) is 0 Å².